The Kier molecular flexibility index (Phi) is 4.50. The third kappa shape index (κ3) is 3.30. The van der Waals surface area contributed by atoms with Gasteiger partial charge in [-0.05, 0) is 47.6 Å². The monoisotopic (exact) mass is 304 g/mol. The summed E-state index contributed by atoms with van der Waals surface area (Å²) >= 11 is 0. The van der Waals surface area contributed by atoms with Gasteiger partial charge in [0.05, 0.1) is 11.6 Å². The normalized spacial score (nSPS) is 25.0. The van der Waals surface area contributed by atoms with Gasteiger partial charge in [0.25, 0.3) is 0 Å². The van der Waals surface area contributed by atoms with Gasteiger partial charge in [-0.15, -0.1) is 0 Å². The molecule has 1 fully saturated rings. The van der Waals surface area contributed by atoms with E-state index in [4.69, 9.17) is 5.26 Å². The molecule has 0 radical (unpaired) electrons. The highest BCUT2D eigenvalue weighted by molar-refractivity contribution is 5.37. The van der Waals surface area contributed by atoms with E-state index in [1.54, 1.807) is 0 Å². The Labute approximate surface area is 139 Å². The molecule has 2 unspecified atom stereocenters. The van der Waals surface area contributed by atoms with Crippen LogP contribution >= 0.6 is 0 Å². The summed E-state index contributed by atoms with van der Waals surface area (Å²) in [5.74, 6) is 0.564. The molecule has 2 atom stereocenters. The number of hydrogen-bond acceptors (Lipinski definition) is 2. The van der Waals surface area contributed by atoms with Gasteiger partial charge in [-0.1, -0.05) is 56.3 Å². The Morgan fingerprint density at radius 1 is 1.17 bits per heavy atom. The van der Waals surface area contributed by atoms with Crippen molar-refractivity contribution in [2.75, 3.05) is 13.1 Å². The minimum atomic E-state index is 0.153. The van der Waals surface area contributed by atoms with Gasteiger partial charge in [-0.25, -0.2) is 0 Å². The molecule has 2 heteroatoms. The summed E-state index contributed by atoms with van der Waals surface area (Å²) in [6.45, 7) is 7.93. The number of piperidine rings is 1. The number of hydrogen-bond donors (Lipinski definition) is 0. The maximum absolute atomic E-state index is 9.16. The molecule has 1 aliphatic rings. The molecule has 0 saturated carbocycles. The molecule has 1 heterocycles. The molecule has 0 aromatic heterocycles. The molecule has 0 N–H and O–H groups in total. The van der Waals surface area contributed by atoms with E-state index < -0.39 is 0 Å². The van der Waals surface area contributed by atoms with E-state index in [2.05, 4.69) is 67.3 Å². The van der Waals surface area contributed by atoms with E-state index in [1.807, 2.05) is 12.1 Å². The first-order valence-corrected chi connectivity index (χ1v) is 8.39. The highest BCUT2D eigenvalue weighted by Crippen LogP contribution is 2.39. The molecule has 118 valence electrons. The van der Waals surface area contributed by atoms with Crippen molar-refractivity contribution >= 4 is 0 Å². The van der Waals surface area contributed by atoms with E-state index >= 15 is 0 Å². The average Bonchev–Trinajstić information content (AvgIpc) is 2.59. The van der Waals surface area contributed by atoms with Crippen molar-refractivity contribution in [1.29, 1.82) is 5.26 Å². The van der Waals surface area contributed by atoms with Crippen LogP contribution < -0.4 is 0 Å². The van der Waals surface area contributed by atoms with Crippen LogP contribution in [0.5, 0.6) is 0 Å². The summed E-state index contributed by atoms with van der Waals surface area (Å²) in [5, 5.41) is 9.16. The maximum atomic E-state index is 9.16. The van der Waals surface area contributed by atoms with Crippen LogP contribution in [0.25, 0.3) is 0 Å². The number of nitrogens with zero attached hydrogens (tertiary/aromatic N) is 2. The fourth-order valence-corrected chi connectivity index (χ4v) is 3.67. The van der Waals surface area contributed by atoms with Crippen LogP contribution in [-0.2, 0) is 12.0 Å². The van der Waals surface area contributed by atoms with E-state index in [9.17, 15) is 0 Å². The number of likely N-dealkylation sites (tertiary alicyclic amines) is 1. The van der Waals surface area contributed by atoms with Crippen LogP contribution in [0.1, 0.15) is 37.0 Å². The average molecular weight is 304 g/mol. The molecule has 0 aliphatic carbocycles. The van der Waals surface area contributed by atoms with Gasteiger partial charge in [-0.2, -0.15) is 5.26 Å². The van der Waals surface area contributed by atoms with E-state index in [0.29, 0.717) is 5.92 Å². The smallest absolute Gasteiger partial charge is 0.0991 e. The molecule has 1 saturated heterocycles. The first kappa shape index (κ1) is 15.8. The minimum Gasteiger partial charge on any atom is -0.299 e. The second-order valence-electron chi connectivity index (χ2n) is 6.98. The largest absolute Gasteiger partial charge is 0.299 e. The van der Waals surface area contributed by atoms with Gasteiger partial charge in [0.2, 0.25) is 0 Å². The lowest BCUT2D eigenvalue weighted by atomic mass is 9.68. The van der Waals surface area contributed by atoms with E-state index in [-0.39, 0.29) is 5.41 Å². The maximum Gasteiger partial charge on any atom is 0.0991 e. The number of nitriles is 1. The molecule has 0 amide bonds. The van der Waals surface area contributed by atoms with Crippen LogP contribution in [-0.4, -0.2) is 18.0 Å². The quantitative estimate of drug-likeness (QED) is 0.842. The fourth-order valence-electron chi connectivity index (χ4n) is 3.67. The van der Waals surface area contributed by atoms with Gasteiger partial charge < -0.3 is 0 Å². The minimum absolute atomic E-state index is 0.153. The molecule has 2 aromatic carbocycles. The van der Waals surface area contributed by atoms with Gasteiger partial charge in [0.1, 0.15) is 0 Å². The van der Waals surface area contributed by atoms with Gasteiger partial charge in [0, 0.05) is 13.1 Å². The first-order chi connectivity index (χ1) is 11.1. The van der Waals surface area contributed by atoms with Crippen LogP contribution in [0.2, 0.25) is 0 Å². The van der Waals surface area contributed by atoms with Crippen molar-refractivity contribution in [2.45, 2.75) is 32.2 Å². The Morgan fingerprint density at radius 2 is 1.96 bits per heavy atom. The molecule has 2 nitrogen and oxygen atoms in total. The Morgan fingerprint density at radius 3 is 2.65 bits per heavy atom. The van der Waals surface area contributed by atoms with Crippen LogP contribution in [0.15, 0.2) is 54.6 Å². The first-order valence-electron chi connectivity index (χ1n) is 8.39. The molecule has 1 aliphatic heterocycles. The van der Waals surface area contributed by atoms with Crippen molar-refractivity contribution < 1.29 is 0 Å². The third-order valence-electron chi connectivity index (χ3n) is 5.47. The Bertz CT molecular complexity index is 701. The zero-order valence-electron chi connectivity index (χ0n) is 14.0. The molecular weight excluding hydrogens is 280 g/mol. The van der Waals surface area contributed by atoms with Crippen molar-refractivity contribution in [3.63, 3.8) is 0 Å². The van der Waals surface area contributed by atoms with Crippen molar-refractivity contribution in [1.82, 2.24) is 4.90 Å². The second-order valence-corrected chi connectivity index (χ2v) is 6.98. The molecule has 2 aromatic rings. The molecule has 23 heavy (non-hydrogen) atoms. The predicted octanol–water partition coefficient (Wildman–Crippen LogP) is 4.36. The van der Waals surface area contributed by atoms with Crippen LogP contribution in [0.3, 0.4) is 0 Å². The summed E-state index contributed by atoms with van der Waals surface area (Å²) in [6, 6.07) is 21.1. The summed E-state index contributed by atoms with van der Waals surface area (Å²) in [4.78, 5) is 2.55. The van der Waals surface area contributed by atoms with E-state index in [0.717, 1.165) is 31.6 Å². The predicted molar refractivity (Wildman–Crippen MR) is 94.0 cm³/mol. The van der Waals surface area contributed by atoms with Crippen molar-refractivity contribution in [3.8, 4) is 6.07 Å². The van der Waals surface area contributed by atoms with Gasteiger partial charge in [-0.3, -0.25) is 4.90 Å². The fraction of sp³-hybridized carbons (Fsp3) is 0.381. The summed E-state index contributed by atoms with van der Waals surface area (Å²) in [5.41, 5.74) is 3.61. The number of benzene rings is 2. The number of rotatable bonds is 3. The van der Waals surface area contributed by atoms with E-state index in [1.165, 1.54) is 11.1 Å². The molecule has 3 rings (SSSR count). The molecular formula is C21H24N2. The second kappa shape index (κ2) is 6.56. The van der Waals surface area contributed by atoms with Crippen LogP contribution in [0, 0.1) is 17.2 Å². The lowest BCUT2D eigenvalue weighted by Crippen LogP contribution is -2.46. The third-order valence-corrected chi connectivity index (χ3v) is 5.47. The SMILES string of the molecule is CC1CN(Cc2ccccc2)CCC1(C)c1cccc(C#N)c1. The summed E-state index contributed by atoms with van der Waals surface area (Å²) in [6.07, 6.45) is 1.13. The molecule has 0 bridgehead atoms. The van der Waals surface area contributed by atoms with Crippen LogP contribution in [0.4, 0.5) is 0 Å². The zero-order valence-corrected chi connectivity index (χ0v) is 14.0. The Balaban J connectivity index is 1.74. The standard InChI is InChI=1S/C21H24N2/c1-17-15-23(16-18-7-4-3-5-8-18)12-11-21(17,2)20-10-6-9-19(13-20)14-22/h3-10,13,17H,11-12,15-16H2,1-2H3. The topological polar surface area (TPSA) is 27.0 Å². The highest BCUT2D eigenvalue weighted by Gasteiger charge is 2.37. The highest BCUT2D eigenvalue weighted by atomic mass is 15.1. The van der Waals surface area contributed by atoms with Gasteiger partial charge in [0.15, 0.2) is 0 Å². The van der Waals surface area contributed by atoms with Gasteiger partial charge >= 0.3 is 0 Å². The zero-order chi connectivity index (χ0) is 16.3. The van der Waals surface area contributed by atoms with Crippen molar-refractivity contribution in [2.24, 2.45) is 5.92 Å². The lowest BCUT2D eigenvalue weighted by molar-refractivity contribution is 0.105. The lowest BCUT2D eigenvalue weighted by Gasteiger charge is -2.45. The Hall–Kier alpha value is -2.11. The summed E-state index contributed by atoms with van der Waals surface area (Å²) < 4.78 is 0. The molecule has 0 spiro atoms. The summed E-state index contributed by atoms with van der Waals surface area (Å²) in [7, 11) is 0. The van der Waals surface area contributed by atoms with Crippen molar-refractivity contribution in [3.05, 3.63) is 71.3 Å².